The van der Waals surface area contributed by atoms with Crippen molar-refractivity contribution in [3.8, 4) is 5.75 Å². The van der Waals surface area contributed by atoms with Crippen LogP contribution < -0.4 is 4.74 Å². The summed E-state index contributed by atoms with van der Waals surface area (Å²) < 4.78 is 5.15. The van der Waals surface area contributed by atoms with Crippen LogP contribution in [0.4, 0.5) is 0 Å². The number of hydrogen-bond acceptors (Lipinski definition) is 3. The van der Waals surface area contributed by atoms with E-state index in [-0.39, 0.29) is 11.8 Å². The Morgan fingerprint density at radius 2 is 1.32 bits per heavy atom. The first kappa shape index (κ1) is 20.7. The zero-order chi connectivity index (χ0) is 21.6. The highest BCUT2D eigenvalue weighted by molar-refractivity contribution is 5.97. The van der Waals surface area contributed by atoms with Gasteiger partial charge in [0.05, 0.1) is 7.11 Å². The first-order chi connectivity index (χ1) is 15.2. The molecule has 1 aliphatic heterocycles. The molecule has 0 unspecified atom stereocenters. The van der Waals surface area contributed by atoms with Gasteiger partial charge in [0.25, 0.3) is 11.8 Å². The third kappa shape index (κ3) is 4.77. The second-order valence-corrected chi connectivity index (χ2v) is 7.63. The molecule has 3 aromatic rings. The van der Waals surface area contributed by atoms with Crippen LogP contribution in [-0.4, -0.2) is 54.9 Å². The van der Waals surface area contributed by atoms with Crippen molar-refractivity contribution in [3.05, 3.63) is 101 Å². The molecule has 1 aliphatic rings. The van der Waals surface area contributed by atoms with Crippen molar-refractivity contribution in [1.82, 2.24) is 9.80 Å². The van der Waals surface area contributed by atoms with Gasteiger partial charge in [-0.1, -0.05) is 48.5 Å². The van der Waals surface area contributed by atoms with Crippen molar-refractivity contribution in [1.29, 1.82) is 0 Å². The van der Waals surface area contributed by atoms with Gasteiger partial charge >= 0.3 is 0 Å². The molecule has 0 radical (unpaired) electrons. The molecular weight excluding hydrogens is 388 g/mol. The van der Waals surface area contributed by atoms with Gasteiger partial charge in [-0.15, -0.1) is 0 Å². The maximum absolute atomic E-state index is 13.2. The topological polar surface area (TPSA) is 49.9 Å². The fourth-order valence-electron chi connectivity index (χ4n) is 3.90. The molecular formula is C26H26N2O3. The van der Waals surface area contributed by atoms with E-state index in [1.807, 2.05) is 52.3 Å². The summed E-state index contributed by atoms with van der Waals surface area (Å²) in [5, 5.41) is 0. The highest BCUT2D eigenvalue weighted by atomic mass is 16.5. The van der Waals surface area contributed by atoms with Crippen LogP contribution in [0.25, 0.3) is 0 Å². The van der Waals surface area contributed by atoms with Crippen LogP contribution in [-0.2, 0) is 6.42 Å². The molecule has 3 aromatic carbocycles. The number of methoxy groups -OCH3 is 1. The Labute approximate surface area is 182 Å². The Morgan fingerprint density at radius 3 is 1.97 bits per heavy atom. The molecule has 158 valence electrons. The normalized spacial score (nSPS) is 13.7. The Morgan fingerprint density at radius 1 is 0.742 bits per heavy atom. The minimum absolute atomic E-state index is 0.0146. The SMILES string of the molecule is COc1ccc(C(=O)N2CCN(C(=O)c3ccccc3Cc3ccccc3)CC2)cc1. The summed E-state index contributed by atoms with van der Waals surface area (Å²) in [6.07, 6.45) is 0.721. The second kappa shape index (κ2) is 9.47. The summed E-state index contributed by atoms with van der Waals surface area (Å²) in [7, 11) is 1.60. The van der Waals surface area contributed by atoms with Gasteiger partial charge in [0.1, 0.15) is 5.75 Å². The molecule has 5 nitrogen and oxygen atoms in total. The lowest BCUT2D eigenvalue weighted by atomic mass is 9.99. The van der Waals surface area contributed by atoms with Gasteiger partial charge < -0.3 is 14.5 Å². The van der Waals surface area contributed by atoms with Crippen LogP contribution in [0.2, 0.25) is 0 Å². The Kier molecular flexibility index (Phi) is 6.32. The van der Waals surface area contributed by atoms with Crippen LogP contribution in [0.15, 0.2) is 78.9 Å². The van der Waals surface area contributed by atoms with Crippen molar-refractivity contribution >= 4 is 11.8 Å². The third-order valence-electron chi connectivity index (χ3n) is 5.68. The predicted octanol–water partition coefficient (Wildman–Crippen LogP) is 3.88. The second-order valence-electron chi connectivity index (χ2n) is 7.63. The number of amides is 2. The largest absolute Gasteiger partial charge is 0.497 e. The van der Waals surface area contributed by atoms with E-state index in [2.05, 4.69) is 12.1 Å². The van der Waals surface area contributed by atoms with Gasteiger partial charge in [0, 0.05) is 37.3 Å². The number of carbonyl (C=O) groups is 2. The monoisotopic (exact) mass is 414 g/mol. The Hall–Kier alpha value is -3.60. The van der Waals surface area contributed by atoms with Crippen molar-refractivity contribution in [2.45, 2.75) is 6.42 Å². The number of hydrogen-bond donors (Lipinski definition) is 0. The number of rotatable bonds is 5. The van der Waals surface area contributed by atoms with Crippen LogP contribution in [0.3, 0.4) is 0 Å². The Balaban J connectivity index is 1.41. The molecule has 2 amide bonds. The fraction of sp³-hybridized carbons (Fsp3) is 0.231. The van der Waals surface area contributed by atoms with Crippen molar-refractivity contribution in [2.75, 3.05) is 33.3 Å². The van der Waals surface area contributed by atoms with E-state index in [1.54, 1.807) is 31.4 Å². The molecule has 1 heterocycles. The highest BCUT2D eigenvalue weighted by Crippen LogP contribution is 2.19. The van der Waals surface area contributed by atoms with E-state index in [0.29, 0.717) is 31.7 Å². The molecule has 0 bridgehead atoms. The van der Waals surface area contributed by atoms with E-state index in [9.17, 15) is 9.59 Å². The first-order valence-corrected chi connectivity index (χ1v) is 10.5. The van der Waals surface area contributed by atoms with E-state index in [4.69, 9.17) is 4.74 Å². The third-order valence-corrected chi connectivity index (χ3v) is 5.68. The van der Waals surface area contributed by atoms with Gasteiger partial charge in [0.2, 0.25) is 0 Å². The molecule has 1 fully saturated rings. The highest BCUT2D eigenvalue weighted by Gasteiger charge is 2.26. The summed E-state index contributed by atoms with van der Waals surface area (Å²) in [4.78, 5) is 29.7. The molecule has 4 rings (SSSR count). The van der Waals surface area contributed by atoms with Crippen LogP contribution in [0.1, 0.15) is 31.8 Å². The number of carbonyl (C=O) groups excluding carboxylic acids is 2. The van der Waals surface area contributed by atoms with E-state index >= 15 is 0 Å². The fourth-order valence-corrected chi connectivity index (χ4v) is 3.90. The zero-order valence-electron chi connectivity index (χ0n) is 17.7. The molecule has 0 spiro atoms. The summed E-state index contributed by atoms with van der Waals surface area (Å²) in [6.45, 7) is 2.11. The predicted molar refractivity (Wildman–Crippen MR) is 120 cm³/mol. The molecule has 1 saturated heterocycles. The van der Waals surface area contributed by atoms with Crippen LogP contribution in [0, 0.1) is 0 Å². The minimum Gasteiger partial charge on any atom is -0.497 e. The summed E-state index contributed by atoms with van der Waals surface area (Å²) in [6, 6.07) is 25.1. The maximum atomic E-state index is 13.2. The van der Waals surface area contributed by atoms with Gasteiger partial charge in [0.15, 0.2) is 0 Å². The van der Waals surface area contributed by atoms with Crippen molar-refractivity contribution < 1.29 is 14.3 Å². The van der Waals surface area contributed by atoms with Crippen LogP contribution in [0.5, 0.6) is 5.75 Å². The zero-order valence-corrected chi connectivity index (χ0v) is 17.7. The summed E-state index contributed by atoms with van der Waals surface area (Å²) >= 11 is 0. The number of piperazine rings is 1. The van der Waals surface area contributed by atoms with Gasteiger partial charge in [-0.05, 0) is 47.9 Å². The Bertz CT molecular complexity index is 1040. The number of nitrogens with zero attached hydrogens (tertiary/aromatic N) is 2. The smallest absolute Gasteiger partial charge is 0.254 e. The van der Waals surface area contributed by atoms with Crippen molar-refractivity contribution in [2.24, 2.45) is 0 Å². The average molecular weight is 415 g/mol. The van der Waals surface area contributed by atoms with Crippen molar-refractivity contribution in [3.63, 3.8) is 0 Å². The molecule has 0 aromatic heterocycles. The molecule has 5 heteroatoms. The molecule has 0 N–H and O–H groups in total. The quantitative estimate of drug-likeness (QED) is 0.637. The average Bonchev–Trinajstić information content (AvgIpc) is 2.84. The molecule has 0 atom stereocenters. The first-order valence-electron chi connectivity index (χ1n) is 10.5. The lowest BCUT2D eigenvalue weighted by molar-refractivity contribution is 0.0535. The summed E-state index contributed by atoms with van der Waals surface area (Å²) in [5.74, 6) is 0.739. The maximum Gasteiger partial charge on any atom is 0.254 e. The lowest BCUT2D eigenvalue weighted by Crippen LogP contribution is -2.50. The standard InChI is InChI=1S/C26H26N2O3/c1-31-23-13-11-21(12-14-23)25(29)27-15-17-28(18-16-27)26(30)24-10-6-5-9-22(24)19-20-7-3-2-4-8-20/h2-14H,15-19H2,1H3. The van der Waals surface area contributed by atoms with E-state index in [0.717, 1.165) is 23.3 Å². The summed E-state index contributed by atoms with van der Waals surface area (Å²) in [5.41, 5.74) is 3.57. The number of benzene rings is 3. The number of ether oxygens (including phenoxy) is 1. The molecule has 0 saturated carbocycles. The van der Waals surface area contributed by atoms with Gasteiger partial charge in [-0.3, -0.25) is 9.59 Å². The van der Waals surface area contributed by atoms with E-state index < -0.39 is 0 Å². The molecule has 31 heavy (non-hydrogen) atoms. The van der Waals surface area contributed by atoms with Gasteiger partial charge in [-0.25, -0.2) is 0 Å². The minimum atomic E-state index is -0.0146. The van der Waals surface area contributed by atoms with Crippen LogP contribution >= 0.6 is 0 Å². The lowest BCUT2D eigenvalue weighted by Gasteiger charge is -2.35. The van der Waals surface area contributed by atoms with Gasteiger partial charge in [-0.2, -0.15) is 0 Å². The molecule has 0 aliphatic carbocycles. The van der Waals surface area contributed by atoms with E-state index in [1.165, 1.54) is 5.56 Å².